The fraction of sp³-hybridized carbons (Fsp3) is 0.615. The fourth-order valence-electron chi connectivity index (χ4n) is 3.32. The summed E-state index contributed by atoms with van der Waals surface area (Å²) in [5, 5.41) is 0. The van der Waals surface area contributed by atoms with Crippen LogP contribution in [0.15, 0.2) is 12.3 Å². The topological polar surface area (TPSA) is 86.2 Å². The zero-order valence-electron chi connectivity index (χ0n) is 10.6. The number of hydrazine groups is 1. The molecule has 5 heteroatoms. The van der Waals surface area contributed by atoms with Crippen LogP contribution < -0.4 is 17.0 Å². The number of aromatic nitrogens is 1. The van der Waals surface area contributed by atoms with Gasteiger partial charge in [-0.1, -0.05) is 0 Å². The highest BCUT2D eigenvalue weighted by Crippen LogP contribution is 2.45. The predicted molar refractivity (Wildman–Crippen MR) is 69.5 cm³/mol. The minimum Gasteiger partial charge on any atom is -0.383 e. The molecule has 0 aliphatic carbocycles. The Morgan fingerprint density at radius 2 is 2.33 bits per heavy atom. The van der Waals surface area contributed by atoms with Crippen molar-refractivity contribution in [2.45, 2.75) is 44.4 Å². The SMILES string of the molecule is Cc1cnc(N)c(C(NN)C2CC3CCC2O3)c1. The number of anilines is 1. The second-order valence-corrected chi connectivity index (χ2v) is 5.40. The molecule has 0 amide bonds. The molecule has 4 unspecified atom stereocenters. The Morgan fingerprint density at radius 3 is 2.94 bits per heavy atom. The number of nitrogens with one attached hydrogen (secondary N) is 1. The first-order valence-corrected chi connectivity index (χ1v) is 6.52. The Hall–Kier alpha value is -1.17. The van der Waals surface area contributed by atoms with Crippen molar-refractivity contribution in [3.8, 4) is 0 Å². The molecular weight excluding hydrogens is 228 g/mol. The van der Waals surface area contributed by atoms with Crippen LogP contribution in [0.3, 0.4) is 0 Å². The maximum Gasteiger partial charge on any atom is 0.128 e. The summed E-state index contributed by atoms with van der Waals surface area (Å²) in [5.41, 5.74) is 11.0. The summed E-state index contributed by atoms with van der Waals surface area (Å²) in [6.07, 6.45) is 5.88. The highest BCUT2D eigenvalue weighted by Gasteiger charge is 2.45. The summed E-state index contributed by atoms with van der Waals surface area (Å²) in [6.45, 7) is 2.01. The Labute approximate surface area is 107 Å². The summed E-state index contributed by atoms with van der Waals surface area (Å²) >= 11 is 0. The average Bonchev–Trinajstić information content (AvgIpc) is 2.97. The van der Waals surface area contributed by atoms with Crippen molar-refractivity contribution in [2.75, 3.05) is 5.73 Å². The molecule has 0 spiro atoms. The number of hydrogen-bond acceptors (Lipinski definition) is 5. The number of fused-ring (bicyclic) bond motifs is 2. The molecule has 1 aromatic heterocycles. The molecule has 0 radical (unpaired) electrons. The van der Waals surface area contributed by atoms with Crippen molar-refractivity contribution in [2.24, 2.45) is 11.8 Å². The Kier molecular flexibility index (Phi) is 2.97. The second kappa shape index (κ2) is 4.50. The molecule has 2 saturated heterocycles. The van der Waals surface area contributed by atoms with Crippen molar-refractivity contribution in [3.05, 3.63) is 23.4 Å². The molecule has 4 atom stereocenters. The van der Waals surface area contributed by atoms with E-state index in [1.54, 1.807) is 6.20 Å². The van der Waals surface area contributed by atoms with Gasteiger partial charge >= 0.3 is 0 Å². The molecule has 0 saturated carbocycles. The number of nitrogen functional groups attached to an aromatic ring is 1. The van der Waals surface area contributed by atoms with Crippen LogP contribution in [0.1, 0.15) is 36.4 Å². The number of pyridine rings is 1. The van der Waals surface area contributed by atoms with Crippen LogP contribution in [-0.4, -0.2) is 17.2 Å². The van der Waals surface area contributed by atoms with Crippen molar-refractivity contribution in [1.29, 1.82) is 0 Å². The van der Waals surface area contributed by atoms with Gasteiger partial charge in [-0.3, -0.25) is 11.3 Å². The first-order valence-electron chi connectivity index (χ1n) is 6.52. The highest BCUT2D eigenvalue weighted by molar-refractivity contribution is 5.43. The van der Waals surface area contributed by atoms with E-state index in [4.69, 9.17) is 16.3 Å². The number of nitrogens with two attached hydrogens (primary N) is 2. The number of ether oxygens (including phenoxy) is 1. The lowest BCUT2D eigenvalue weighted by atomic mass is 9.81. The van der Waals surface area contributed by atoms with E-state index in [0.29, 0.717) is 23.9 Å². The third-order valence-electron chi connectivity index (χ3n) is 4.18. The lowest BCUT2D eigenvalue weighted by molar-refractivity contribution is 0.0857. The molecule has 18 heavy (non-hydrogen) atoms. The van der Waals surface area contributed by atoms with E-state index in [0.717, 1.165) is 24.0 Å². The predicted octanol–water partition coefficient (Wildman–Crippen LogP) is 1.04. The maximum absolute atomic E-state index is 5.98. The third kappa shape index (κ3) is 1.88. The highest BCUT2D eigenvalue weighted by atomic mass is 16.5. The Balaban J connectivity index is 1.90. The van der Waals surface area contributed by atoms with Gasteiger partial charge in [0.05, 0.1) is 18.2 Å². The number of rotatable bonds is 3. The van der Waals surface area contributed by atoms with Gasteiger partial charge in [-0.05, 0) is 37.8 Å². The van der Waals surface area contributed by atoms with E-state index in [9.17, 15) is 0 Å². The summed E-state index contributed by atoms with van der Waals surface area (Å²) in [5.74, 6) is 6.71. The van der Waals surface area contributed by atoms with Crippen molar-refractivity contribution in [3.63, 3.8) is 0 Å². The maximum atomic E-state index is 5.98. The van der Waals surface area contributed by atoms with Crippen LogP contribution in [-0.2, 0) is 4.74 Å². The number of hydrogen-bond donors (Lipinski definition) is 3. The van der Waals surface area contributed by atoms with Gasteiger partial charge in [0.1, 0.15) is 5.82 Å². The van der Waals surface area contributed by atoms with E-state index >= 15 is 0 Å². The zero-order chi connectivity index (χ0) is 12.7. The van der Waals surface area contributed by atoms with Gasteiger partial charge in [-0.25, -0.2) is 4.98 Å². The monoisotopic (exact) mass is 248 g/mol. The van der Waals surface area contributed by atoms with E-state index in [1.807, 2.05) is 6.92 Å². The van der Waals surface area contributed by atoms with E-state index in [1.165, 1.54) is 6.42 Å². The third-order valence-corrected chi connectivity index (χ3v) is 4.18. The Morgan fingerprint density at radius 1 is 1.50 bits per heavy atom. The lowest BCUT2D eigenvalue weighted by Crippen LogP contribution is -2.38. The molecule has 2 fully saturated rings. The van der Waals surface area contributed by atoms with Gasteiger partial charge in [0.25, 0.3) is 0 Å². The van der Waals surface area contributed by atoms with Gasteiger partial charge in [-0.15, -0.1) is 0 Å². The van der Waals surface area contributed by atoms with Crippen molar-refractivity contribution in [1.82, 2.24) is 10.4 Å². The largest absolute Gasteiger partial charge is 0.383 e. The molecule has 98 valence electrons. The zero-order valence-corrected chi connectivity index (χ0v) is 10.6. The van der Waals surface area contributed by atoms with Crippen LogP contribution in [0.2, 0.25) is 0 Å². The van der Waals surface area contributed by atoms with E-state index < -0.39 is 0 Å². The van der Waals surface area contributed by atoms with E-state index in [-0.39, 0.29) is 6.04 Å². The molecule has 5 N–H and O–H groups in total. The molecule has 3 heterocycles. The molecule has 1 aromatic rings. The van der Waals surface area contributed by atoms with Gasteiger partial charge < -0.3 is 10.5 Å². The van der Waals surface area contributed by atoms with Crippen LogP contribution in [0.5, 0.6) is 0 Å². The fourth-order valence-corrected chi connectivity index (χ4v) is 3.32. The number of nitrogens with zero attached hydrogens (tertiary/aromatic N) is 1. The quantitative estimate of drug-likeness (QED) is 0.549. The first kappa shape index (κ1) is 11.9. The summed E-state index contributed by atoms with van der Waals surface area (Å²) in [7, 11) is 0. The van der Waals surface area contributed by atoms with Crippen LogP contribution in [0, 0.1) is 12.8 Å². The normalized spacial score (nSPS) is 31.8. The smallest absolute Gasteiger partial charge is 0.128 e. The van der Waals surface area contributed by atoms with Crippen molar-refractivity contribution >= 4 is 5.82 Å². The van der Waals surface area contributed by atoms with Gasteiger partial charge in [0.2, 0.25) is 0 Å². The Bertz CT molecular complexity index is 451. The summed E-state index contributed by atoms with van der Waals surface area (Å²) in [6, 6.07) is 2.10. The van der Waals surface area contributed by atoms with Crippen molar-refractivity contribution < 1.29 is 4.74 Å². The molecule has 5 nitrogen and oxygen atoms in total. The molecule has 2 aliphatic rings. The second-order valence-electron chi connectivity index (χ2n) is 5.40. The molecule has 2 bridgehead atoms. The van der Waals surface area contributed by atoms with Gasteiger partial charge in [0.15, 0.2) is 0 Å². The van der Waals surface area contributed by atoms with Crippen LogP contribution in [0.25, 0.3) is 0 Å². The number of aryl methyl sites for hydroxylation is 1. The minimum absolute atomic E-state index is 0.0349. The molecule has 2 aliphatic heterocycles. The standard InChI is InChI=1S/C13H20N4O/c1-7-4-10(13(14)16-6-7)12(17-15)9-5-8-2-3-11(9)18-8/h4,6,8-9,11-12,17H,2-3,5,15H2,1H3,(H2,14,16). The molecule has 0 aromatic carbocycles. The van der Waals surface area contributed by atoms with Gasteiger partial charge in [-0.2, -0.15) is 0 Å². The first-order chi connectivity index (χ1) is 8.69. The van der Waals surface area contributed by atoms with Crippen LogP contribution >= 0.6 is 0 Å². The van der Waals surface area contributed by atoms with E-state index in [2.05, 4.69) is 16.5 Å². The lowest BCUT2D eigenvalue weighted by Gasteiger charge is -2.28. The van der Waals surface area contributed by atoms with Crippen LogP contribution in [0.4, 0.5) is 5.82 Å². The summed E-state index contributed by atoms with van der Waals surface area (Å²) < 4.78 is 5.90. The van der Waals surface area contributed by atoms with Gasteiger partial charge in [0, 0.05) is 17.7 Å². The average molecular weight is 248 g/mol. The molecule has 3 rings (SSSR count). The minimum atomic E-state index is 0.0349. The summed E-state index contributed by atoms with van der Waals surface area (Å²) in [4.78, 5) is 4.22. The molecular formula is C13H20N4O.